The molecule has 4 rings (SSSR count). The Morgan fingerprint density at radius 1 is 0.892 bits per heavy atom. The molecule has 192 valence electrons. The maximum atomic E-state index is 12.4. The average molecular weight is 521 g/mol. The minimum atomic E-state index is -4.11. The van der Waals surface area contributed by atoms with Gasteiger partial charge in [0.1, 0.15) is 11.6 Å². The number of carbonyl (C=O) groups is 1. The van der Waals surface area contributed by atoms with Gasteiger partial charge in [-0.2, -0.15) is 13.1 Å². The molecule has 0 spiro atoms. The summed E-state index contributed by atoms with van der Waals surface area (Å²) in [6.45, 7) is 0.0843. The summed E-state index contributed by atoms with van der Waals surface area (Å²) in [6.07, 6.45) is -0.263. The number of amides is 1. The molecule has 4 aromatic rings. The maximum absolute atomic E-state index is 12.4. The summed E-state index contributed by atoms with van der Waals surface area (Å²) in [5.74, 6) is 1.40. The van der Waals surface area contributed by atoms with E-state index in [1.54, 1.807) is 7.11 Å². The Balaban J connectivity index is 1.38. The van der Waals surface area contributed by atoms with E-state index >= 15 is 0 Å². The molecule has 0 bridgehead atoms. The fourth-order valence-electron chi connectivity index (χ4n) is 3.70. The average Bonchev–Trinajstić information content (AvgIpc) is 3.33. The fourth-order valence-corrected chi connectivity index (χ4v) is 4.43. The highest BCUT2D eigenvalue weighted by Gasteiger charge is 2.17. The van der Waals surface area contributed by atoms with Crippen molar-refractivity contribution in [3.05, 3.63) is 96.2 Å². The van der Waals surface area contributed by atoms with Gasteiger partial charge in [0, 0.05) is 30.5 Å². The zero-order valence-electron chi connectivity index (χ0n) is 20.3. The third kappa shape index (κ3) is 7.42. The van der Waals surface area contributed by atoms with Gasteiger partial charge in [0.05, 0.1) is 25.1 Å². The van der Waals surface area contributed by atoms with Crippen LogP contribution in [0.3, 0.4) is 0 Å². The van der Waals surface area contributed by atoms with E-state index in [2.05, 4.69) is 9.71 Å². The first-order chi connectivity index (χ1) is 17.9. The molecule has 0 unspecified atom stereocenters. The third-order valence-corrected chi connectivity index (χ3v) is 6.56. The molecule has 9 nitrogen and oxygen atoms in total. The summed E-state index contributed by atoms with van der Waals surface area (Å²) >= 11 is 0. The van der Waals surface area contributed by atoms with E-state index in [9.17, 15) is 13.2 Å². The number of aromatic amines is 1. The maximum Gasteiger partial charge on any atom is 0.421 e. The summed E-state index contributed by atoms with van der Waals surface area (Å²) in [7, 11) is -2.51. The van der Waals surface area contributed by atoms with Crippen LogP contribution in [0.25, 0.3) is 22.6 Å². The van der Waals surface area contributed by atoms with Crippen LogP contribution in [0, 0.1) is 0 Å². The van der Waals surface area contributed by atoms with E-state index in [-0.39, 0.29) is 19.6 Å². The lowest BCUT2D eigenvalue weighted by Gasteiger charge is -2.09. The number of aromatic nitrogens is 2. The molecule has 37 heavy (non-hydrogen) atoms. The second-order valence-corrected chi connectivity index (χ2v) is 9.62. The Morgan fingerprint density at radius 2 is 1.57 bits per heavy atom. The molecule has 0 aliphatic heterocycles. The van der Waals surface area contributed by atoms with Crippen molar-refractivity contribution < 1.29 is 22.7 Å². The highest BCUT2D eigenvalue weighted by Crippen LogP contribution is 2.28. The lowest BCUT2D eigenvalue weighted by atomic mass is 10.1. The van der Waals surface area contributed by atoms with Crippen LogP contribution in [-0.2, 0) is 27.8 Å². The summed E-state index contributed by atoms with van der Waals surface area (Å²) in [5.41, 5.74) is 4.22. The van der Waals surface area contributed by atoms with E-state index in [1.165, 1.54) is 0 Å². The third-order valence-electron chi connectivity index (χ3n) is 5.54. The molecule has 0 atom stereocenters. The Bertz CT molecular complexity index is 1410. The number of benzene rings is 3. The molecule has 0 aliphatic carbocycles. The van der Waals surface area contributed by atoms with Gasteiger partial charge in [-0.05, 0) is 29.8 Å². The summed E-state index contributed by atoms with van der Waals surface area (Å²) < 4.78 is 39.2. The van der Waals surface area contributed by atoms with Gasteiger partial charge in [-0.1, -0.05) is 60.7 Å². The molecular weight excluding hydrogens is 492 g/mol. The largest absolute Gasteiger partial charge is 0.497 e. The van der Waals surface area contributed by atoms with Crippen molar-refractivity contribution in [1.29, 1.82) is 0 Å². The van der Waals surface area contributed by atoms with Crippen molar-refractivity contribution in [2.75, 3.05) is 20.3 Å². The van der Waals surface area contributed by atoms with Gasteiger partial charge in [0.25, 0.3) is 0 Å². The van der Waals surface area contributed by atoms with Gasteiger partial charge in [-0.25, -0.2) is 14.5 Å². The highest BCUT2D eigenvalue weighted by atomic mass is 32.2. The fraction of sp³-hybridized carbons (Fsp3) is 0.185. The number of hydrogen-bond acceptors (Lipinski definition) is 6. The van der Waals surface area contributed by atoms with Gasteiger partial charge in [0.2, 0.25) is 0 Å². The Hall–Kier alpha value is -4.15. The molecule has 0 saturated heterocycles. The predicted molar refractivity (Wildman–Crippen MR) is 141 cm³/mol. The van der Waals surface area contributed by atoms with Gasteiger partial charge in [-0.3, -0.25) is 0 Å². The molecule has 0 radical (unpaired) electrons. The second kappa shape index (κ2) is 12.2. The van der Waals surface area contributed by atoms with E-state index in [4.69, 9.17) is 14.5 Å². The number of carbonyl (C=O) groups excluding carboxylic acids is 1. The number of nitrogens with zero attached hydrogens (tertiary/aromatic N) is 1. The van der Waals surface area contributed by atoms with E-state index in [1.807, 2.05) is 89.7 Å². The molecule has 0 aliphatic rings. The topological polar surface area (TPSA) is 122 Å². The first kappa shape index (κ1) is 25.9. The van der Waals surface area contributed by atoms with Crippen LogP contribution in [0.5, 0.6) is 5.75 Å². The summed E-state index contributed by atoms with van der Waals surface area (Å²) in [6, 6.07) is 26.6. The number of nitrogens with one attached hydrogen (secondary N) is 3. The predicted octanol–water partition coefficient (Wildman–Crippen LogP) is 4.10. The Morgan fingerprint density at radius 3 is 2.24 bits per heavy atom. The smallest absolute Gasteiger partial charge is 0.421 e. The second-order valence-electron chi connectivity index (χ2n) is 8.12. The molecule has 1 heterocycles. The zero-order valence-corrected chi connectivity index (χ0v) is 21.1. The molecule has 0 saturated carbocycles. The van der Waals surface area contributed by atoms with E-state index in [0.717, 1.165) is 28.1 Å². The van der Waals surface area contributed by atoms with Crippen molar-refractivity contribution in [3.8, 4) is 28.4 Å². The summed E-state index contributed by atoms with van der Waals surface area (Å²) in [4.78, 5) is 20.0. The molecule has 1 amide bonds. The van der Waals surface area contributed by atoms with E-state index in [0.29, 0.717) is 17.9 Å². The summed E-state index contributed by atoms with van der Waals surface area (Å²) in [5, 5.41) is 0. The monoisotopic (exact) mass is 520 g/mol. The highest BCUT2D eigenvalue weighted by molar-refractivity contribution is 7.88. The zero-order chi connectivity index (χ0) is 26.1. The number of imidazole rings is 1. The number of rotatable bonds is 11. The molecule has 10 heteroatoms. The SMILES string of the molecule is COc1ccc(-c2[nH]c(-c3ccccc3)nc2CCNS(=O)(=O)NC(=O)OCCc2ccccc2)cc1. The first-order valence-corrected chi connectivity index (χ1v) is 13.2. The van der Waals surface area contributed by atoms with Crippen molar-refractivity contribution in [2.45, 2.75) is 12.8 Å². The van der Waals surface area contributed by atoms with Crippen LogP contribution in [0.1, 0.15) is 11.3 Å². The minimum Gasteiger partial charge on any atom is -0.497 e. The normalized spacial score (nSPS) is 11.2. The van der Waals surface area contributed by atoms with Crippen molar-refractivity contribution in [3.63, 3.8) is 0 Å². The van der Waals surface area contributed by atoms with Gasteiger partial charge >= 0.3 is 16.3 Å². The minimum absolute atomic E-state index is 0.0227. The molecule has 3 N–H and O–H groups in total. The lowest BCUT2D eigenvalue weighted by Crippen LogP contribution is -2.41. The van der Waals surface area contributed by atoms with E-state index < -0.39 is 16.3 Å². The van der Waals surface area contributed by atoms with Crippen molar-refractivity contribution >= 4 is 16.3 Å². The van der Waals surface area contributed by atoms with Crippen LogP contribution in [0.4, 0.5) is 4.79 Å². The molecule has 0 fully saturated rings. The first-order valence-electron chi connectivity index (χ1n) is 11.7. The van der Waals surface area contributed by atoms with Crippen LogP contribution in [-0.4, -0.2) is 44.7 Å². The number of methoxy groups -OCH3 is 1. The molecule has 1 aromatic heterocycles. The molecule has 3 aromatic carbocycles. The van der Waals surface area contributed by atoms with Gasteiger partial charge in [0.15, 0.2) is 0 Å². The quantitative estimate of drug-likeness (QED) is 0.274. The van der Waals surface area contributed by atoms with Crippen molar-refractivity contribution in [2.24, 2.45) is 0 Å². The van der Waals surface area contributed by atoms with Crippen LogP contribution >= 0.6 is 0 Å². The number of ether oxygens (including phenoxy) is 2. The Kier molecular flexibility index (Phi) is 8.55. The Labute approximate surface area is 216 Å². The number of hydrogen-bond donors (Lipinski definition) is 3. The lowest BCUT2D eigenvalue weighted by molar-refractivity contribution is 0.154. The van der Waals surface area contributed by atoms with Crippen LogP contribution in [0.2, 0.25) is 0 Å². The van der Waals surface area contributed by atoms with Crippen LogP contribution < -0.4 is 14.2 Å². The number of H-pyrrole nitrogens is 1. The van der Waals surface area contributed by atoms with Gasteiger partial charge < -0.3 is 14.5 Å². The standard InChI is InChI=1S/C27H28N4O5S/c1-35-23-14-12-21(13-15-23)25-24(29-26(30-25)22-10-6-3-7-11-22)16-18-28-37(33,34)31-27(32)36-19-17-20-8-4-2-5-9-20/h2-15,28H,16-19H2,1H3,(H,29,30)(H,31,32). The molecular formula is C27H28N4O5S. The van der Waals surface area contributed by atoms with Crippen LogP contribution in [0.15, 0.2) is 84.9 Å². The van der Waals surface area contributed by atoms with Crippen molar-refractivity contribution in [1.82, 2.24) is 19.4 Å². The van der Waals surface area contributed by atoms with Gasteiger partial charge in [-0.15, -0.1) is 0 Å².